The molecule has 0 bridgehead atoms. The van der Waals surface area contributed by atoms with Gasteiger partial charge in [-0.1, -0.05) is 11.3 Å². The molecule has 0 saturated carbocycles. The van der Waals surface area contributed by atoms with E-state index in [0.717, 1.165) is 6.41 Å². The third kappa shape index (κ3) is 3.98. The molecular weight excluding hydrogens is 376 g/mol. The number of carbonyl (C=O) groups excluding carboxylic acids is 1. The molecule has 148 valence electrons. The Kier molecular flexibility index (Phi) is 5.27. The molecule has 1 saturated heterocycles. The normalized spacial score (nSPS) is 14.5. The first-order valence-electron chi connectivity index (χ1n) is 8.95. The monoisotopic (exact) mass is 394 g/mol. The minimum absolute atomic E-state index is 0.124. The zero-order chi connectivity index (χ0) is 20.2. The van der Waals surface area contributed by atoms with E-state index >= 15 is 0 Å². The van der Waals surface area contributed by atoms with Crippen molar-refractivity contribution in [3.8, 4) is 17.1 Å². The Labute approximate surface area is 165 Å². The summed E-state index contributed by atoms with van der Waals surface area (Å²) in [6.07, 6.45) is 3.86. The minimum atomic E-state index is -1.04. The van der Waals surface area contributed by atoms with Crippen molar-refractivity contribution in [3.05, 3.63) is 54.4 Å². The number of hydrogen-bond donors (Lipinski definition) is 1. The number of carboxylic acid groups (broad SMARTS) is 1. The minimum Gasteiger partial charge on any atom is -0.478 e. The van der Waals surface area contributed by atoms with Crippen LogP contribution in [0.25, 0.3) is 17.1 Å². The molecule has 29 heavy (non-hydrogen) atoms. The van der Waals surface area contributed by atoms with Crippen LogP contribution in [0.2, 0.25) is 0 Å². The average molecular weight is 394 g/mol. The molecule has 3 aromatic rings. The lowest BCUT2D eigenvalue weighted by molar-refractivity contribution is -0.111. The fourth-order valence-electron chi connectivity index (χ4n) is 3.05. The summed E-state index contributed by atoms with van der Waals surface area (Å²) >= 11 is 0. The third-order valence-corrected chi connectivity index (χ3v) is 4.51. The van der Waals surface area contributed by atoms with Crippen LogP contribution >= 0.6 is 0 Å². The summed E-state index contributed by atoms with van der Waals surface area (Å²) in [6, 6.07) is 10.2. The van der Waals surface area contributed by atoms with Gasteiger partial charge in [-0.3, -0.25) is 9.78 Å². The van der Waals surface area contributed by atoms with E-state index in [-0.39, 0.29) is 5.56 Å². The molecule has 1 aliphatic heterocycles. The Balaban J connectivity index is 1.61. The number of aromatic nitrogens is 4. The number of amides is 1. The molecular formula is C19H18N6O4. The van der Waals surface area contributed by atoms with Crippen molar-refractivity contribution in [1.29, 1.82) is 0 Å². The number of ether oxygens (including phenoxy) is 1. The Morgan fingerprint density at radius 1 is 1.17 bits per heavy atom. The molecule has 0 atom stereocenters. The van der Waals surface area contributed by atoms with Gasteiger partial charge < -0.3 is 9.84 Å². The van der Waals surface area contributed by atoms with Crippen LogP contribution in [0.15, 0.2) is 48.8 Å². The molecule has 10 nitrogen and oxygen atoms in total. The van der Waals surface area contributed by atoms with Crippen molar-refractivity contribution >= 4 is 18.1 Å². The second kappa shape index (κ2) is 8.17. The molecule has 4 rings (SSSR count). The lowest BCUT2D eigenvalue weighted by Crippen LogP contribution is -2.48. The van der Waals surface area contributed by atoms with Gasteiger partial charge in [-0.15, -0.1) is 5.10 Å². The van der Waals surface area contributed by atoms with E-state index < -0.39 is 5.97 Å². The number of hydrogen-bond acceptors (Lipinski definition) is 7. The van der Waals surface area contributed by atoms with Crippen molar-refractivity contribution in [3.63, 3.8) is 0 Å². The second-order valence-corrected chi connectivity index (χ2v) is 6.32. The standard InChI is InChI=1S/C19H18N6O4/c26-13-25(23-6-8-29-9-7-23)16-3-1-2-15(11-16)24-12-18(21-22-24)17-10-14(19(27)28)4-5-20-17/h1-5,10-13H,6-9H2,(H,27,28). The van der Waals surface area contributed by atoms with E-state index in [0.29, 0.717) is 49.1 Å². The van der Waals surface area contributed by atoms with Crippen LogP contribution in [0.3, 0.4) is 0 Å². The van der Waals surface area contributed by atoms with Crippen LogP contribution in [0.1, 0.15) is 10.4 Å². The van der Waals surface area contributed by atoms with Gasteiger partial charge in [0.15, 0.2) is 0 Å². The van der Waals surface area contributed by atoms with Gasteiger partial charge in [0, 0.05) is 19.3 Å². The molecule has 2 aromatic heterocycles. The Bertz CT molecular complexity index is 1030. The van der Waals surface area contributed by atoms with Crippen LogP contribution in [-0.2, 0) is 9.53 Å². The molecule has 1 aliphatic rings. The zero-order valence-electron chi connectivity index (χ0n) is 15.4. The Morgan fingerprint density at radius 3 is 2.76 bits per heavy atom. The second-order valence-electron chi connectivity index (χ2n) is 6.32. The highest BCUT2D eigenvalue weighted by atomic mass is 16.5. The summed E-state index contributed by atoms with van der Waals surface area (Å²) in [4.78, 5) is 27.0. The highest BCUT2D eigenvalue weighted by Crippen LogP contribution is 2.22. The predicted molar refractivity (Wildman–Crippen MR) is 102 cm³/mol. The summed E-state index contributed by atoms with van der Waals surface area (Å²) in [5, 5.41) is 20.8. The third-order valence-electron chi connectivity index (χ3n) is 4.51. The van der Waals surface area contributed by atoms with E-state index in [1.807, 2.05) is 29.3 Å². The summed E-state index contributed by atoms with van der Waals surface area (Å²) < 4.78 is 6.89. The quantitative estimate of drug-likeness (QED) is 0.621. The molecule has 1 fully saturated rings. The van der Waals surface area contributed by atoms with E-state index in [9.17, 15) is 9.59 Å². The topological polar surface area (TPSA) is 114 Å². The molecule has 10 heteroatoms. The van der Waals surface area contributed by atoms with E-state index in [2.05, 4.69) is 15.3 Å². The van der Waals surface area contributed by atoms with Crippen molar-refractivity contribution in [2.45, 2.75) is 0 Å². The van der Waals surface area contributed by atoms with Crippen LogP contribution in [0.5, 0.6) is 0 Å². The lowest BCUT2D eigenvalue weighted by atomic mass is 10.2. The van der Waals surface area contributed by atoms with Gasteiger partial charge in [0.25, 0.3) is 0 Å². The van der Waals surface area contributed by atoms with Crippen molar-refractivity contribution in [2.24, 2.45) is 0 Å². The molecule has 1 aromatic carbocycles. The smallest absolute Gasteiger partial charge is 0.335 e. The Morgan fingerprint density at radius 2 is 2.00 bits per heavy atom. The van der Waals surface area contributed by atoms with Crippen molar-refractivity contribution < 1.29 is 19.4 Å². The maximum absolute atomic E-state index is 11.7. The lowest BCUT2D eigenvalue weighted by Gasteiger charge is -2.34. The highest BCUT2D eigenvalue weighted by Gasteiger charge is 2.19. The van der Waals surface area contributed by atoms with Crippen LogP contribution < -0.4 is 5.01 Å². The molecule has 1 amide bonds. The summed E-state index contributed by atoms with van der Waals surface area (Å²) in [5.74, 6) is -1.04. The van der Waals surface area contributed by atoms with Crippen molar-refractivity contribution in [2.75, 3.05) is 31.3 Å². The maximum Gasteiger partial charge on any atom is 0.335 e. The number of rotatable bonds is 6. The number of nitrogens with zero attached hydrogens (tertiary/aromatic N) is 6. The first-order chi connectivity index (χ1) is 14.2. The average Bonchev–Trinajstić information content (AvgIpc) is 3.26. The van der Waals surface area contributed by atoms with E-state index in [1.54, 1.807) is 15.9 Å². The Hall–Kier alpha value is -3.63. The summed E-state index contributed by atoms with van der Waals surface area (Å²) in [6.45, 7) is 2.39. The van der Waals surface area contributed by atoms with Gasteiger partial charge in [-0.2, -0.15) is 0 Å². The van der Waals surface area contributed by atoms with Crippen LogP contribution in [0, 0.1) is 0 Å². The molecule has 0 aliphatic carbocycles. The molecule has 0 radical (unpaired) electrons. The maximum atomic E-state index is 11.7. The number of hydrazine groups is 1. The number of morpholine rings is 1. The fourth-order valence-corrected chi connectivity index (χ4v) is 3.05. The van der Waals surface area contributed by atoms with Crippen LogP contribution in [0.4, 0.5) is 5.69 Å². The summed E-state index contributed by atoms with van der Waals surface area (Å²) in [7, 11) is 0. The fraction of sp³-hybridized carbons (Fsp3) is 0.211. The number of carboxylic acids is 1. The number of aromatic carboxylic acids is 1. The first kappa shape index (κ1) is 18.7. The number of carbonyl (C=O) groups is 2. The van der Waals surface area contributed by atoms with Gasteiger partial charge in [-0.25, -0.2) is 19.5 Å². The van der Waals surface area contributed by atoms with E-state index in [1.165, 1.54) is 18.3 Å². The molecule has 3 heterocycles. The molecule has 0 unspecified atom stereocenters. The van der Waals surface area contributed by atoms with E-state index in [4.69, 9.17) is 9.84 Å². The number of benzene rings is 1. The van der Waals surface area contributed by atoms with Crippen LogP contribution in [-0.4, -0.2) is 68.8 Å². The number of pyridine rings is 1. The SMILES string of the molecule is O=CN(c1cccc(-n2cc(-c3cc(C(=O)O)ccn3)nn2)c1)N1CCOCC1. The number of anilines is 1. The van der Waals surface area contributed by atoms with Gasteiger partial charge in [0.2, 0.25) is 6.41 Å². The van der Waals surface area contributed by atoms with Crippen molar-refractivity contribution in [1.82, 2.24) is 25.0 Å². The van der Waals surface area contributed by atoms with Gasteiger partial charge >= 0.3 is 5.97 Å². The van der Waals surface area contributed by atoms with Gasteiger partial charge in [0.05, 0.1) is 42.0 Å². The predicted octanol–water partition coefficient (Wildman–Crippen LogP) is 1.24. The van der Waals surface area contributed by atoms with Gasteiger partial charge in [-0.05, 0) is 30.3 Å². The largest absolute Gasteiger partial charge is 0.478 e. The summed E-state index contributed by atoms with van der Waals surface area (Å²) in [5.41, 5.74) is 2.38. The molecule has 0 spiro atoms. The molecule has 1 N–H and O–H groups in total. The zero-order valence-corrected chi connectivity index (χ0v) is 15.4. The highest BCUT2D eigenvalue weighted by molar-refractivity contribution is 5.88. The first-order valence-corrected chi connectivity index (χ1v) is 8.95. The van der Waals surface area contributed by atoms with Gasteiger partial charge in [0.1, 0.15) is 5.69 Å².